The minimum absolute atomic E-state index is 0.0408. The molecule has 0 aromatic rings. The highest BCUT2D eigenvalue weighted by molar-refractivity contribution is 5.87. The van der Waals surface area contributed by atoms with Crippen LogP contribution in [0.1, 0.15) is 19.8 Å². The van der Waals surface area contributed by atoms with Crippen molar-refractivity contribution in [3.05, 3.63) is 12.7 Å². The van der Waals surface area contributed by atoms with Crippen LogP contribution in [0.15, 0.2) is 12.7 Å². The van der Waals surface area contributed by atoms with Crippen molar-refractivity contribution in [3.63, 3.8) is 0 Å². The van der Waals surface area contributed by atoms with Gasteiger partial charge in [-0.3, -0.25) is 4.79 Å². The first-order chi connectivity index (χ1) is 4.77. The largest absolute Gasteiger partial charge is 0.350 e. The molecule has 56 valence electrons. The fraction of sp³-hybridized carbons (Fsp3) is 0.625. The molecule has 0 radical (unpaired) electrons. The van der Waals surface area contributed by atoms with Crippen LogP contribution in [-0.4, -0.2) is 11.9 Å². The van der Waals surface area contributed by atoms with E-state index in [-0.39, 0.29) is 5.91 Å². The van der Waals surface area contributed by atoms with E-state index in [1.54, 1.807) is 0 Å². The molecule has 1 N–H and O–H groups in total. The Hall–Kier alpha value is -0.790. The van der Waals surface area contributed by atoms with Crippen LogP contribution < -0.4 is 5.32 Å². The second-order valence-corrected chi connectivity index (χ2v) is 2.72. The van der Waals surface area contributed by atoms with E-state index in [1.165, 1.54) is 12.5 Å². The van der Waals surface area contributed by atoms with Crippen molar-refractivity contribution in [1.82, 2.24) is 5.32 Å². The van der Waals surface area contributed by atoms with Crippen LogP contribution in [0.3, 0.4) is 0 Å². The zero-order chi connectivity index (χ0) is 7.56. The van der Waals surface area contributed by atoms with E-state index in [2.05, 4.69) is 18.8 Å². The molecule has 0 aliphatic heterocycles. The molecule has 1 rings (SSSR count). The lowest BCUT2D eigenvalue weighted by Gasteiger charge is -1.97. The minimum atomic E-state index is -0.0408. The first-order valence-electron chi connectivity index (χ1n) is 3.70. The molecule has 2 unspecified atom stereocenters. The van der Waals surface area contributed by atoms with Crippen LogP contribution in [0.25, 0.3) is 0 Å². The van der Waals surface area contributed by atoms with Crippen LogP contribution in [0, 0.1) is 5.92 Å². The topological polar surface area (TPSA) is 29.1 Å². The average molecular weight is 139 g/mol. The molecule has 1 saturated carbocycles. The van der Waals surface area contributed by atoms with Gasteiger partial charge in [-0.05, 0) is 18.4 Å². The first-order valence-corrected chi connectivity index (χ1v) is 3.70. The van der Waals surface area contributed by atoms with Gasteiger partial charge in [-0.25, -0.2) is 0 Å². The molecular formula is C8H13NO. The zero-order valence-electron chi connectivity index (χ0n) is 6.26. The molecule has 2 heteroatoms. The number of rotatable bonds is 3. The van der Waals surface area contributed by atoms with Gasteiger partial charge < -0.3 is 5.32 Å². The van der Waals surface area contributed by atoms with Gasteiger partial charge in [0.1, 0.15) is 0 Å². The van der Waals surface area contributed by atoms with Gasteiger partial charge in [0.05, 0.1) is 0 Å². The van der Waals surface area contributed by atoms with Crippen molar-refractivity contribution in [2.24, 2.45) is 5.92 Å². The third-order valence-corrected chi connectivity index (χ3v) is 1.96. The molecule has 1 aliphatic rings. The molecule has 0 bridgehead atoms. The molecule has 1 aliphatic carbocycles. The highest BCUT2D eigenvalue weighted by Gasteiger charge is 2.35. The first kappa shape index (κ1) is 7.32. The van der Waals surface area contributed by atoms with Crippen LogP contribution >= 0.6 is 0 Å². The summed E-state index contributed by atoms with van der Waals surface area (Å²) >= 11 is 0. The maximum absolute atomic E-state index is 10.7. The lowest BCUT2D eigenvalue weighted by Crippen LogP contribution is -2.24. The molecule has 2 atom stereocenters. The van der Waals surface area contributed by atoms with Crippen LogP contribution in [0.5, 0.6) is 0 Å². The van der Waals surface area contributed by atoms with Crippen molar-refractivity contribution in [3.8, 4) is 0 Å². The Labute approximate surface area is 61.3 Å². The summed E-state index contributed by atoms with van der Waals surface area (Å²) in [7, 11) is 0. The molecule has 0 aromatic heterocycles. The van der Waals surface area contributed by atoms with Crippen molar-refractivity contribution in [2.75, 3.05) is 0 Å². The Bertz CT molecular complexity index is 153. The van der Waals surface area contributed by atoms with Crippen LogP contribution in [-0.2, 0) is 4.79 Å². The minimum Gasteiger partial charge on any atom is -0.350 e. The molecular weight excluding hydrogens is 126 g/mol. The summed E-state index contributed by atoms with van der Waals surface area (Å²) in [5.74, 6) is 0.685. The predicted molar refractivity (Wildman–Crippen MR) is 40.5 cm³/mol. The second kappa shape index (κ2) is 2.86. The standard InChI is InChI=1S/C8H13NO/c1-3-6-5-7(6)9-8(10)4-2/h4,6-7H,2-3,5H2,1H3,(H,9,10). The van der Waals surface area contributed by atoms with Gasteiger partial charge in [0, 0.05) is 6.04 Å². The molecule has 10 heavy (non-hydrogen) atoms. The maximum Gasteiger partial charge on any atom is 0.243 e. The van der Waals surface area contributed by atoms with Crippen molar-refractivity contribution in [2.45, 2.75) is 25.8 Å². The third-order valence-electron chi connectivity index (χ3n) is 1.96. The lowest BCUT2D eigenvalue weighted by atomic mass is 10.3. The van der Waals surface area contributed by atoms with Gasteiger partial charge in [-0.15, -0.1) is 0 Å². The number of carbonyl (C=O) groups is 1. The van der Waals surface area contributed by atoms with E-state index in [4.69, 9.17) is 0 Å². The number of carbonyl (C=O) groups excluding carboxylic acids is 1. The molecule has 2 nitrogen and oxygen atoms in total. The smallest absolute Gasteiger partial charge is 0.243 e. The van der Waals surface area contributed by atoms with E-state index in [1.807, 2.05) is 0 Å². The summed E-state index contributed by atoms with van der Waals surface area (Å²) in [6.07, 6.45) is 3.64. The molecule has 0 saturated heterocycles. The Morgan fingerprint density at radius 3 is 3.00 bits per heavy atom. The number of amides is 1. The summed E-state index contributed by atoms with van der Waals surface area (Å²) in [5, 5.41) is 2.85. The summed E-state index contributed by atoms with van der Waals surface area (Å²) < 4.78 is 0. The van der Waals surface area contributed by atoms with Crippen LogP contribution in [0.2, 0.25) is 0 Å². The summed E-state index contributed by atoms with van der Waals surface area (Å²) in [4.78, 5) is 10.7. The summed E-state index contributed by atoms with van der Waals surface area (Å²) in [6.45, 7) is 5.52. The highest BCUT2D eigenvalue weighted by atomic mass is 16.1. The van der Waals surface area contributed by atoms with Crippen molar-refractivity contribution < 1.29 is 4.79 Å². The lowest BCUT2D eigenvalue weighted by molar-refractivity contribution is -0.116. The fourth-order valence-corrected chi connectivity index (χ4v) is 1.12. The van der Waals surface area contributed by atoms with E-state index < -0.39 is 0 Å². The molecule has 0 aromatic carbocycles. The van der Waals surface area contributed by atoms with Gasteiger partial charge in [0.25, 0.3) is 0 Å². The quantitative estimate of drug-likeness (QED) is 0.582. The average Bonchev–Trinajstić information content (AvgIpc) is 2.67. The predicted octanol–water partition coefficient (Wildman–Crippen LogP) is 1.09. The fourth-order valence-electron chi connectivity index (χ4n) is 1.12. The van der Waals surface area contributed by atoms with E-state index >= 15 is 0 Å². The number of hydrogen-bond donors (Lipinski definition) is 1. The normalized spacial score (nSPS) is 29.3. The Morgan fingerprint density at radius 2 is 2.60 bits per heavy atom. The van der Waals surface area contributed by atoms with Gasteiger partial charge in [-0.1, -0.05) is 19.9 Å². The Kier molecular flexibility index (Phi) is 2.10. The molecule has 1 fully saturated rings. The second-order valence-electron chi connectivity index (χ2n) is 2.72. The highest BCUT2D eigenvalue weighted by Crippen LogP contribution is 2.32. The molecule has 0 heterocycles. The Morgan fingerprint density at radius 1 is 1.90 bits per heavy atom. The van der Waals surface area contributed by atoms with Gasteiger partial charge >= 0.3 is 0 Å². The van der Waals surface area contributed by atoms with Crippen LogP contribution in [0.4, 0.5) is 0 Å². The SMILES string of the molecule is C=CC(=O)NC1CC1CC. The number of hydrogen-bond acceptors (Lipinski definition) is 1. The zero-order valence-corrected chi connectivity index (χ0v) is 6.26. The monoisotopic (exact) mass is 139 g/mol. The van der Waals surface area contributed by atoms with E-state index in [0.717, 1.165) is 12.3 Å². The van der Waals surface area contributed by atoms with Gasteiger partial charge in [0.2, 0.25) is 5.91 Å². The third kappa shape index (κ3) is 1.59. The molecule has 1 amide bonds. The summed E-state index contributed by atoms with van der Waals surface area (Å²) in [6, 6.07) is 0.440. The van der Waals surface area contributed by atoms with Crippen molar-refractivity contribution >= 4 is 5.91 Å². The number of nitrogens with one attached hydrogen (secondary N) is 1. The summed E-state index contributed by atoms with van der Waals surface area (Å²) in [5.41, 5.74) is 0. The van der Waals surface area contributed by atoms with Gasteiger partial charge in [-0.2, -0.15) is 0 Å². The van der Waals surface area contributed by atoms with E-state index in [0.29, 0.717) is 6.04 Å². The van der Waals surface area contributed by atoms with Gasteiger partial charge in [0.15, 0.2) is 0 Å². The molecule has 0 spiro atoms. The van der Waals surface area contributed by atoms with Crippen molar-refractivity contribution in [1.29, 1.82) is 0 Å². The Balaban J connectivity index is 2.17. The maximum atomic E-state index is 10.7. The van der Waals surface area contributed by atoms with E-state index in [9.17, 15) is 4.79 Å².